The topological polar surface area (TPSA) is 124 Å². The van der Waals surface area contributed by atoms with Gasteiger partial charge in [-0.1, -0.05) is 17.7 Å². The summed E-state index contributed by atoms with van der Waals surface area (Å²) in [7, 11) is -3.91. The Labute approximate surface area is 239 Å². The van der Waals surface area contributed by atoms with Crippen LogP contribution in [-0.4, -0.2) is 83.6 Å². The number of hydrogen-bond donors (Lipinski definition) is 2. The van der Waals surface area contributed by atoms with Crippen LogP contribution in [0.3, 0.4) is 0 Å². The number of aliphatic hydroxyl groups excluding tert-OH is 1. The standard InChI is InChI=1S/C29H33N7O4S/c1-20-3-9-25(10-4-20)41(39,40)36-14-12-26-27(35-13-11-24(38)19-35)31-29(32-28(26)36)30-22-5-7-23(8-6-22)34-17-15-33(16-18-34)21(2)37/h3-10,12,14,24,38H,11,13,15-19H2,1-2H3,(H,30,31,32)/t24-/m0/s1. The van der Waals surface area contributed by atoms with Gasteiger partial charge in [-0.3, -0.25) is 4.79 Å². The summed E-state index contributed by atoms with van der Waals surface area (Å²) in [5, 5.41) is 14.0. The molecule has 12 heteroatoms. The van der Waals surface area contributed by atoms with Gasteiger partial charge in [0, 0.05) is 63.8 Å². The summed E-state index contributed by atoms with van der Waals surface area (Å²) in [5.41, 5.74) is 3.04. The molecule has 1 amide bonds. The van der Waals surface area contributed by atoms with Crippen molar-refractivity contribution in [3.8, 4) is 0 Å². The van der Waals surface area contributed by atoms with Crippen molar-refractivity contribution >= 4 is 50.1 Å². The van der Waals surface area contributed by atoms with E-state index in [0.717, 1.165) is 30.0 Å². The zero-order chi connectivity index (χ0) is 28.7. The van der Waals surface area contributed by atoms with Crippen molar-refractivity contribution in [1.82, 2.24) is 18.8 Å². The second-order valence-electron chi connectivity index (χ2n) is 10.6. The average molecular weight is 576 g/mol. The lowest BCUT2D eigenvalue weighted by Crippen LogP contribution is -2.48. The zero-order valence-corrected chi connectivity index (χ0v) is 23.9. The summed E-state index contributed by atoms with van der Waals surface area (Å²) in [6.45, 7) is 7.45. The summed E-state index contributed by atoms with van der Waals surface area (Å²) in [6.07, 6.45) is 1.65. The van der Waals surface area contributed by atoms with Crippen molar-refractivity contribution in [3.63, 3.8) is 0 Å². The van der Waals surface area contributed by atoms with Crippen molar-refractivity contribution in [2.24, 2.45) is 0 Å². The van der Waals surface area contributed by atoms with Gasteiger partial charge in [-0.25, -0.2) is 12.4 Å². The Kier molecular flexibility index (Phi) is 7.04. The normalized spacial score (nSPS) is 17.8. The molecule has 4 aromatic rings. The van der Waals surface area contributed by atoms with Crippen LogP contribution in [0.5, 0.6) is 0 Å². The first-order valence-electron chi connectivity index (χ1n) is 13.7. The number of hydrogen-bond acceptors (Lipinski definition) is 9. The van der Waals surface area contributed by atoms with Gasteiger partial charge in [-0.2, -0.15) is 9.97 Å². The Bertz CT molecular complexity index is 1680. The third kappa shape index (κ3) is 5.32. The number of benzene rings is 2. The van der Waals surface area contributed by atoms with E-state index >= 15 is 0 Å². The van der Waals surface area contributed by atoms with E-state index in [9.17, 15) is 18.3 Å². The quantitative estimate of drug-likeness (QED) is 0.357. The van der Waals surface area contributed by atoms with Crippen molar-refractivity contribution in [3.05, 3.63) is 66.4 Å². The van der Waals surface area contributed by atoms with E-state index in [-0.39, 0.29) is 22.4 Å². The number of carbonyl (C=O) groups excluding carboxylic acids is 1. The molecule has 1 atom stereocenters. The fourth-order valence-electron chi connectivity index (χ4n) is 5.39. The summed E-state index contributed by atoms with van der Waals surface area (Å²) < 4.78 is 28.4. The summed E-state index contributed by atoms with van der Waals surface area (Å²) in [6, 6.07) is 16.3. The monoisotopic (exact) mass is 575 g/mol. The predicted octanol–water partition coefficient (Wildman–Crippen LogP) is 2.96. The Morgan fingerprint density at radius 2 is 1.63 bits per heavy atom. The second-order valence-corrected chi connectivity index (χ2v) is 12.4. The molecule has 2 aliphatic heterocycles. The summed E-state index contributed by atoms with van der Waals surface area (Å²) >= 11 is 0. The van der Waals surface area contributed by atoms with E-state index in [1.807, 2.05) is 41.0 Å². The van der Waals surface area contributed by atoms with Gasteiger partial charge < -0.3 is 25.1 Å². The van der Waals surface area contributed by atoms with Gasteiger partial charge in [-0.15, -0.1) is 0 Å². The van der Waals surface area contributed by atoms with E-state index < -0.39 is 16.1 Å². The molecule has 2 aromatic carbocycles. The molecule has 0 saturated carbocycles. The van der Waals surface area contributed by atoms with E-state index in [1.165, 1.54) is 10.2 Å². The molecule has 0 spiro atoms. The lowest BCUT2D eigenvalue weighted by atomic mass is 10.2. The molecule has 2 N–H and O–H groups in total. The molecule has 41 heavy (non-hydrogen) atoms. The van der Waals surface area contributed by atoms with Crippen molar-refractivity contribution in [1.29, 1.82) is 0 Å². The number of rotatable bonds is 6. The van der Waals surface area contributed by atoms with Crippen LogP contribution in [0.1, 0.15) is 18.9 Å². The number of carbonyl (C=O) groups is 1. The molecule has 214 valence electrons. The average Bonchev–Trinajstić information content (AvgIpc) is 3.60. The molecule has 4 heterocycles. The minimum Gasteiger partial charge on any atom is -0.391 e. The van der Waals surface area contributed by atoms with Gasteiger partial charge in [0.25, 0.3) is 10.0 Å². The first kappa shape index (κ1) is 27.0. The molecule has 6 rings (SSSR count). The van der Waals surface area contributed by atoms with Crippen LogP contribution in [0.25, 0.3) is 11.0 Å². The Hall–Kier alpha value is -4.16. The van der Waals surface area contributed by atoms with Crippen molar-refractivity contribution < 1.29 is 18.3 Å². The number of piperazine rings is 1. The lowest BCUT2D eigenvalue weighted by molar-refractivity contribution is -0.129. The molecule has 2 aliphatic rings. The van der Waals surface area contributed by atoms with E-state index in [1.54, 1.807) is 37.3 Å². The highest BCUT2D eigenvalue weighted by Gasteiger charge is 2.27. The number of fused-ring (bicyclic) bond motifs is 1. The van der Waals surface area contributed by atoms with Gasteiger partial charge in [0.2, 0.25) is 11.9 Å². The van der Waals surface area contributed by atoms with E-state index in [4.69, 9.17) is 4.98 Å². The number of aryl methyl sites for hydroxylation is 1. The minimum absolute atomic E-state index is 0.0989. The lowest BCUT2D eigenvalue weighted by Gasteiger charge is -2.35. The number of nitrogens with one attached hydrogen (secondary N) is 1. The highest BCUT2D eigenvalue weighted by Crippen LogP contribution is 2.32. The van der Waals surface area contributed by atoms with Crippen LogP contribution in [0.15, 0.2) is 65.7 Å². The third-order valence-corrected chi connectivity index (χ3v) is 9.43. The maximum atomic E-state index is 13.6. The number of β-amino-alcohol motifs (C(OH)–C–C–N with tert-alkyl or cyclic N) is 1. The van der Waals surface area contributed by atoms with Crippen molar-refractivity contribution in [2.45, 2.75) is 31.3 Å². The first-order chi connectivity index (χ1) is 19.7. The molecule has 2 aromatic heterocycles. The molecular formula is C29H33N7O4S. The number of aromatic nitrogens is 3. The van der Waals surface area contributed by atoms with Gasteiger partial charge in [0.1, 0.15) is 5.82 Å². The molecule has 2 saturated heterocycles. The van der Waals surface area contributed by atoms with Crippen molar-refractivity contribution in [2.75, 3.05) is 54.4 Å². The first-order valence-corrected chi connectivity index (χ1v) is 15.1. The minimum atomic E-state index is -3.91. The molecular weight excluding hydrogens is 542 g/mol. The highest BCUT2D eigenvalue weighted by molar-refractivity contribution is 7.90. The molecule has 0 bridgehead atoms. The van der Waals surface area contributed by atoms with Gasteiger partial charge in [0.05, 0.1) is 16.4 Å². The number of anilines is 4. The smallest absolute Gasteiger partial charge is 0.269 e. The maximum absolute atomic E-state index is 13.6. The van der Waals surface area contributed by atoms with Crippen LogP contribution in [0, 0.1) is 6.92 Å². The van der Waals surface area contributed by atoms with E-state index in [0.29, 0.717) is 43.8 Å². The number of amides is 1. The fourth-order valence-corrected chi connectivity index (χ4v) is 6.68. The second kappa shape index (κ2) is 10.7. The zero-order valence-electron chi connectivity index (χ0n) is 23.1. The van der Waals surface area contributed by atoms with E-state index in [2.05, 4.69) is 15.2 Å². The highest BCUT2D eigenvalue weighted by atomic mass is 32.2. The number of nitrogens with zero attached hydrogens (tertiary/aromatic N) is 6. The van der Waals surface area contributed by atoms with Gasteiger partial charge in [-0.05, 0) is 55.8 Å². The Balaban J connectivity index is 1.32. The number of aliphatic hydroxyl groups is 1. The maximum Gasteiger partial charge on any atom is 0.269 e. The molecule has 11 nitrogen and oxygen atoms in total. The predicted molar refractivity (Wildman–Crippen MR) is 158 cm³/mol. The molecule has 0 radical (unpaired) electrons. The van der Waals surface area contributed by atoms with Gasteiger partial charge >= 0.3 is 0 Å². The summed E-state index contributed by atoms with van der Waals surface area (Å²) in [4.78, 5) is 27.3. The summed E-state index contributed by atoms with van der Waals surface area (Å²) in [5.74, 6) is 0.935. The Morgan fingerprint density at radius 1 is 0.927 bits per heavy atom. The van der Waals surface area contributed by atoms with Crippen LogP contribution in [-0.2, 0) is 14.8 Å². The van der Waals surface area contributed by atoms with Gasteiger partial charge in [0.15, 0.2) is 5.65 Å². The van der Waals surface area contributed by atoms with Crippen LogP contribution >= 0.6 is 0 Å². The van der Waals surface area contributed by atoms with Crippen LogP contribution in [0.4, 0.5) is 23.1 Å². The van der Waals surface area contributed by atoms with Crippen LogP contribution < -0.4 is 15.1 Å². The van der Waals surface area contributed by atoms with Crippen LogP contribution in [0.2, 0.25) is 0 Å². The molecule has 2 fully saturated rings. The Morgan fingerprint density at radius 3 is 2.27 bits per heavy atom. The largest absolute Gasteiger partial charge is 0.391 e. The molecule has 0 unspecified atom stereocenters. The molecule has 0 aliphatic carbocycles. The fraction of sp³-hybridized carbons (Fsp3) is 0.345. The SMILES string of the molecule is CC(=O)N1CCN(c2ccc(Nc3nc(N4CC[C@H](O)C4)c4ccn(S(=O)(=O)c5ccc(C)cc5)c4n3)cc2)CC1. The third-order valence-electron chi connectivity index (χ3n) is 7.75.